The van der Waals surface area contributed by atoms with E-state index >= 15 is 0 Å². The Labute approximate surface area is 106 Å². The molecule has 0 N–H and O–H groups in total. The molecule has 3 nitrogen and oxygen atoms in total. The van der Waals surface area contributed by atoms with Crippen LogP contribution in [0.4, 0.5) is 0 Å². The van der Waals surface area contributed by atoms with Crippen molar-refractivity contribution in [3.05, 3.63) is 57.5 Å². The summed E-state index contributed by atoms with van der Waals surface area (Å²) in [6.45, 7) is 0. The van der Waals surface area contributed by atoms with Crippen LogP contribution >= 0.6 is 27.5 Å². The number of nitrogens with zero attached hydrogens (tertiary/aromatic N) is 2. The first-order valence-corrected chi connectivity index (χ1v) is 5.61. The molecule has 0 spiro atoms. The van der Waals surface area contributed by atoms with Crippen molar-refractivity contribution in [2.45, 2.75) is 0 Å². The van der Waals surface area contributed by atoms with Gasteiger partial charge in [0.15, 0.2) is 0 Å². The quantitative estimate of drug-likeness (QED) is 0.800. The molecule has 0 amide bonds. The number of hydrogen-bond donors (Lipinski definition) is 0. The minimum atomic E-state index is -0.206. The zero-order chi connectivity index (χ0) is 11.5. The Morgan fingerprint density at radius 2 is 2.12 bits per heavy atom. The second-order valence-corrected chi connectivity index (χ2v) is 4.33. The molecule has 80 valence electrons. The summed E-state index contributed by atoms with van der Waals surface area (Å²) in [5, 5.41) is 0.510. The van der Waals surface area contributed by atoms with Crippen LogP contribution in [0.5, 0.6) is 0 Å². The third-order valence-electron chi connectivity index (χ3n) is 1.97. The number of halogens is 2. The molecule has 0 aliphatic heterocycles. The average molecular weight is 298 g/mol. The number of hydrogen-bond acceptors (Lipinski definition) is 3. The van der Waals surface area contributed by atoms with Crippen molar-refractivity contribution in [3.8, 4) is 0 Å². The SMILES string of the molecule is O=C(c1cnccn1)c1cc(Cl)ccc1Br. The molecular formula is C11H6BrClN2O. The second-order valence-electron chi connectivity index (χ2n) is 3.04. The van der Waals surface area contributed by atoms with Crippen LogP contribution in [0.3, 0.4) is 0 Å². The highest BCUT2D eigenvalue weighted by Crippen LogP contribution is 2.23. The Morgan fingerprint density at radius 1 is 1.31 bits per heavy atom. The molecule has 2 aromatic rings. The molecule has 0 atom stereocenters. The van der Waals surface area contributed by atoms with Gasteiger partial charge in [0.1, 0.15) is 5.69 Å². The Hall–Kier alpha value is -1.26. The summed E-state index contributed by atoms with van der Waals surface area (Å²) in [5.41, 5.74) is 0.776. The van der Waals surface area contributed by atoms with Crippen LogP contribution in [0.25, 0.3) is 0 Å². The largest absolute Gasteiger partial charge is 0.287 e. The molecule has 1 aromatic heterocycles. The van der Waals surface area contributed by atoms with Crippen molar-refractivity contribution in [3.63, 3.8) is 0 Å². The van der Waals surface area contributed by atoms with Crippen molar-refractivity contribution in [2.75, 3.05) is 0 Å². The number of rotatable bonds is 2. The van der Waals surface area contributed by atoms with Crippen LogP contribution in [0.1, 0.15) is 16.1 Å². The fraction of sp³-hybridized carbons (Fsp3) is 0. The van der Waals surface area contributed by atoms with Gasteiger partial charge in [0, 0.05) is 27.5 Å². The monoisotopic (exact) mass is 296 g/mol. The summed E-state index contributed by atoms with van der Waals surface area (Å²) in [4.78, 5) is 19.8. The second kappa shape index (κ2) is 4.72. The van der Waals surface area contributed by atoms with Crippen molar-refractivity contribution < 1.29 is 4.79 Å². The molecule has 1 aromatic carbocycles. The zero-order valence-corrected chi connectivity index (χ0v) is 10.4. The molecule has 0 aliphatic rings. The predicted molar refractivity (Wildman–Crippen MR) is 64.6 cm³/mol. The number of aromatic nitrogens is 2. The van der Waals surface area contributed by atoms with Gasteiger partial charge in [0.05, 0.1) is 6.20 Å². The Bertz CT molecular complexity index is 531. The van der Waals surface area contributed by atoms with Crippen LogP contribution < -0.4 is 0 Å². The van der Waals surface area contributed by atoms with Gasteiger partial charge in [-0.25, -0.2) is 4.98 Å². The van der Waals surface area contributed by atoms with Crippen LogP contribution in [0.15, 0.2) is 41.3 Å². The van der Waals surface area contributed by atoms with Gasteiger partial charge >= 0.3 is 0 Å². The third kappa shape index (κ3) is 2.28. The average Bonchev–Trinajstić information content (AvgIpc) is 2.32. The van der Waals surface area contributed by atoms with Crippen molar-refractivity contribution in [1.29, 1.82) is 0 Å². The summed E-state index contributed by atoms with van der Waals surface area (Å²) < 4.78 is 0.688. The van der Waals surface area contributed by atoms with Crippen LogP contribution in [0.2, 0.25) is 5.02 Å². The first-order chi connectivity index (χ1) is 7.68. The van der Waals surface area contributed by atoms with E-state index in [4.69, 9.17) is 11.6 Å². The summed E-state index contributed by atoms with van der Waals surface area (Å²) in [6, 6.07) is 5.04. The van der Waals surface area contributed by atoms with E-state index in [0.29, 0.717) is 20.8 Å². The maximum atomic E-state index is 12.0. The van der Waals surface area contributed by atoms with E-state index in [0.717, 1.165) is 0 Å². The lowest BCUT2D eigenvalue weighted by molar-refractivity contribution is 0.103. The summed E-state index contributed by atoms with van der Waals surface area (Å²) in [7, 11) is 0. The van der Waals surface area contributed by atoms with Gasteiger partial charge in [-0.1, -0.05) is 27.5 Å². The maximum Gasteiger partial charge on any atom is 0.214 e. The third-order valence-corrected chi connectivity index (χ3v) is 2.90. The van der Waals surface area contributed by atoms with Crippen molar-refractivity contribution in [1.82, 2.24) is 9.97 Å². The molecule has 0 fully saturated rings. The van der Waals surface area contributed by atoms with Crippen LogP contribution in [-0.2, 0) is 0 Å². The first-order valence-electron chi connectivity index (χ1n) is 4.44. The van der Waals surface area contributed by atoms with Gasteiger partial charge in [-0.15, -0.1) is 0 Å². The molecule has 5 heteroatoms. The molecule has 0 saturated heterocycles. The van der Waals surface area contributed by atoms with E-state index in [2.05, 4.69) is 25.9 Å². The predicted octanol–water partition coefficient (Wildman–Crippen LogP) is 3.12. The number of carbonyl (C=O) groups is 1. The lowest BCUT2D eigenvalue weighted by Gasteiger charge is -2.03. The van der Waals surface area contributed by atoms with Gasteiger partial charge in [-0.3, -0.25) is 9.78 Å². The molecule has 16 heavy (non-hydrogen) atoms. The molecule has 0 saturated carbocycles. The zero-order valence-electron chi connectivity index (χ0n) is 8.02. The maximum absolute atomic E-state index is 12.0. The topological polar surface area (TPSA) is 42.9 Å². The standard InChI is InChI=1S/C11H6BrClN2O/c12-9-2-1-7(13)5-8(9)11(16)10-6-14-3-4-15-10/h1-6H. The Balaban J connectivity index is 2.46. The van der Waals surface area contributed by atoms with E-state index in [-0.39, 0.29) is 5.78 Å². The van der Waals surface area contributed by atoms with Gasteiger partial charge in [0.25, 0.3) is 0 Å². The van der Waals surface area contributed by atoms with Gasteiger partial charge in [0.2, 0.25) is 5.78 Å². The van der Waals surface area contributed by atoms with Gasteiger partial charge in [-0.05, 0) is 18.2 Å². The van der Waals surface area contributed by atoms with Crippen molar-refractivity contribution >= 4 is 33.3 Å². The molecule has 2 rings (SSSR count). The molecule has 0 aliphatic carbocycles. The normalized spacial score (nSPS) is 10.1. The summed E-state index contributed by atoms with van der Waals surface area (Å²) in [5.74, 6) is -0.206. The highest BCUT2D eigenvalue weighted by molar-refractivity contribution is 9.10. The highest BCUT2D eigenvalue weighted by Gasteiger charge is 2.14. The minimum absolute atomic E-state index is 0.206. The highest BCUT2D eigenvalue weighted by atomic mass is 79.9. The smallest absolute Gasteiger partial charge is 0.214 e. The van der Waals surface area contributed by atoms with Gasteiger partial charge in [-0.2, -0.15) is 0 Å². The number of ketones is 1. The van der Waals surface area contributed by atoms with Crippen molar-refractivity contribution in [2.24, 2.45) is 0 Å². The fourth-order valence-corrected chi connectivity index (χ4v) is 1.82. The molecule has 0 unspecified atom stereocenters. The number of benzene rings is 1. The first kappa shape index (κ1) is 11.2. The Kier molecular flexibility index (Phi) is 3.31. The molecule has 1 heterocycles. The van der Waals surface area contributed by atoms with E-state index in [1.807, 2.05) is 0 Å². The van der Waals surface area contributed by atoms with Crippen LogP contribution in [0, 0.1) is 0 Å². The lowest BCUT2D eigenvalue weighted by Crippen LogP contribution is -2.05. The molecule has 0 bridgehead atoms. The summed E-state index contributed by atoms with van der Waals surface area (Å²) in [6.07, 6.45) is 4.42. The Morgan fingerprint density at radius 3 is 2.81 bits per heavy atom. The van der Waals surface area contributed by atoms with E-state index in [9.17, 15) is 4.79 Å². The number of carbonyl (C=O) groups excluding carboxylic acids is 1. The van der Waals surface area contributed by atoms with Gasteiger partial charge < -0.3 is 0 Å². The molecule has 0 radical (unpaired) electrons. The van der Waals surface area contributed by atoms with Crippen LogP contribution in [-0.4, -0.2) is 15.8 Å². The minimum Gasteiger partial charge on any atom is -0.287 e. The van der Waals surface area contributed by atoms with E-state index in [1.165, 1.54) is 18.6 Å². The van der Waals surface area contributed by atoms with E-state index < -0.39 is 0 Å². The van der Waals surface area contributed by atoms with E-state index in [1.54, 1.807) is 18.2 Å². The fourth-order valence-electron chi connectivity index (χ4n) is 1.23. The molecular weight excluding hydrogens is 291 g/mol. The summed E-state index contributed by atoms with van der Waals surface area (Å²) >= 11 is 9.14. The lowest BCUT2D eigenvalue weighted by atomic mass is 10.1.